The lowest BCUT2D eigenvalue weighted by Gasteiger charge is -2.15. The number of carbonyl (C=O) groups excluding carboxylic acids is 2. The molecule has 3 rings (SSSR count). The number of anilines is 1. The lowest BCUT2D eigenvalue weighted by Crippen LogP contribution is -2.30. The third-order valence-electron chi connectivity index (χ3n) is 4.60. The molecule has 1 heterocycles. The predicted molar refractivity (Wildman–Crippen MR) is 114 cm³/mol. The van der Waals surface area contributed by atoms with Gasteiger partial charge in [-0.25, -0.2) is 0 Å². The van der Waals surface area contributed by atoms with E-state index in [1.54, 1.807) is 35.9 Å². The largest absolute Gasteiger partial charge is 0.481 e. The van der Waals surface area contributed by atoms with Gasteiger partial charge in [-0.15, -0.1) is 0 Å². The Morgan fingerprint density at radius 1 is 0.862 bits per heavy atom. The summed E-state index contributed by atoms with van der Waals surface area (Å²) in [6, 6.07) is 18.1. The molecule has 2 N–H and O–H groups in total. The van der Waals surface area contributed by atoms with E-state index in [1.165, 1.54) is 0 Å². The first-order valence-electron chi connectivity index (χ1n) is 9.44. The van der Waals surface area contributed by atoms with E-state index in [9.17, 15) is 9.59 Å². The second kappa shape index (κ2) is 8.65. The van der Waals surface area contributed by atoms with Gasteiger partial charge in [-0.1, -0.05) is 17.7 Å². The van der Waals surface area contributed by atoms with Crippen LogP contribution in [-0.4, -0.2) is 22.6 Å². The fourth-order valence-electron chi connectivity index (χ4n) is 2.83. The van der Waals surface area contributed by atoms with Crippen LogP contribution in [-0.2, 0) is 4.79 Å². The fraction of sp³-hybridized carbons (Fsp3) is 0.217. The van der Waals surface area contributed by atoms with Crippen LogP contribution in [0.15, 0.2) is 60.7 Å². The van der Waals surface area contributed by atoms with Gasteiger partial charge >= 0.3 is 0 Å². The number of hydrogen-bond donors (Lipinski definition) is 2. The van der Waals surface area contributed by atoms with Crippen molar-refractivity contribution in [1.82, 2.24) is 4.68 Å². The Morgan fingerprint density at radius 3 is 2.03 bits per heavy atom. The molecule has 0 radical (unpaired) electrons. The number of nitrogens with one attached hydrogen (secondary N) is 2. The zero-order chi connectivity index (χ0) is 21.0. The molecule has 0 saturated heterocycles. The van der Waals surface area contributed by atoms with E-state index in [2.05, 4.69) is 10.7 Å². The van der Waals surface area contributed by atoms with Crippen molar-refractivity contribution in [2.24, 2.45) is 0 Å². The van der Waals surface area contributed by atoms with Crippen LogP contribution in [0, 0.1) is 20.8 Å². The van der Waals surface area contributed by atoms with Gasteiger partial charge in [0, 0.05) is 22.6 Å². The molecular formula is C23H25N3O3. The topological polar surface area (TPSA) is 72.4 Å². The van der Waals surface area contributed by atoms with Gasteiger partial charge in [0.15, 0.2) is 6.10 Å². The van der Waals surface area contributed by atoms with Gasteiger partial charge in [-0.3, -0.25) is 19.7 Å². The van der Waals surface area contributed by atoms with Crippen LogP contribution in [0.1, 0.15) is 34.2 Å². The highest BCUT2D eigenvalue weighted by atomic mass is 16.5. The number of rotatable bonds is 6. The van der Waals surface area contributed by atoms with Crippen molar-refractivity contribution in [3.8, 4) is 5.75 Å². The quantitative estimate of drug-likeness (QED) is 0.661. The summed E-state index contributed by atoms with van der Waals surface area (Å²) in [7, 11) is 0. The van der Waals surface area contributed by atoms with E-state index in [1.807, 2.05) is 57.2 Å². The van der Waals surface area contributed by atoms with Crippen LogP contribution >= 0.6 is 0 Å². The van der Waals surface area contributed by atoms with Gasteiger partial charge in [0.1, 0.15) is 5.75 Å². The molecule has 150 valence electrons. The first-order chi connectivity index (χ1) is 13.8. The van der Waals surface area contributed by atoms with Crippen molar-refractivity contribution in [2.45, 2.75) is 33.8 Å². The third kappa shape index (κ3) is 5.04. The Morgan fingerprint density at radius 2 is 1.45 bits per heavy atom. The molecule has 0 aliphatic carbocycles. The second-order valence-corrected chi connectivity index (χ2v) is 7.03. The molecular weight excluding hydrogens is 366 g/mol. The molecule has 6 nitrogen and oxygen atoms in total. The molecule has 1 aromatic heterocycles. The van der Waals surface area contributed by atoms with Crippen LogP contribution in [0.5, 0.6) is 5.75 Å². The molecule has 2 amide bonds. The van der Waals surface area contributed by atoms with Crippen LogP contribution in [0.4, 0.5) is 5.69 Å². The maximum absolute atomic E-state index is 12.4. The molecule has 6 heteroatoms. The summed E-state index contributed by atoms with van der Waals surface area (Å²) in [4.78, 5) is 24.8. The van der Waals surface area contributed by atoms with Crippen molar-refractivity contribution < 1.29 is 14.3 Å². The molecule has 0 bridgehead atoms. The zero-order valence-electron chi connectivity index (χ0n) is 17.0. The van der Waals surface area contributed by atoms with Crippen LogP contribution in [0.3, 0.4) is 0 Å². The van der Waals surface area contributed by atoms with Crippen molar-refractivity contribution >= 4 is 17.5 Å². The van der Waals surface area contributed by atoms with Gasteiger partial charge in [0.05, 0.1) is 0 Å². The Kier molecular flexibility index (Phi) is 6.02. The number of amides is 2. The molecule has 0 spiro atoms. The van der Waals surface area contributed by atoms with E-state index in [-0.39, 0.29) is 11.8 Å². The zero-order valence-corrected chi connectivity index (χ0v) is 17.0. The Hall–Kier alpha value is -3.54. The SMILES string of the molecule is Cc1ccc(NC(=O)[C@@H](C)Oc2ccc(C(=O)Nn3c(C)ccc3C)cc2)cc1. The average molecular weight is 391 g/mol. The number of aryl methyl sites for hydroxylation is 3. The highest BCUT2D eigenvalue weighted by Crippen LogP contribution is 2.16. The summed E-state index contributed by atoms with van der Waals surface area (Å²) in [5.41, 5.74) is 7.10. The maximum Gasteiger partial charge on any atom is 0.270 e. The monoisotopic (exact) mass is 391 g/mol. The summed E-state index contributed by atoms with van der Waals surface area (Å²) >= 11 is 0. The van der Waals surface area contributed by atoms with Crippen molar-refractivity contribution in [3.05, 3.63) is 83.2 Å². The lowest BCUT2D eigenvalue weighted by molar-refractivity contribution is -0.122. The standard InChI is InChI=1S/C23H25N3O3/c1-15-5-11-20(12-6-15)24-22(27)18(4)29-21-13-9-19(10-14-21)23(28)25-26-16(2)7-8-17(26)3/h5-14,18H,1-4H3,(H,24,27)(H,25,28)/t18-/m1/s1. The average Bonchev–Trinajstić information content (AvgIpc) is 3.02. The van der Waals surface area contributed by atoms with E-state index in [0.29, 0.717) is 11.3 Å². The van der Waals surface area contributed by atoms with E-state index >= 15 is 0 Å². The van der Waals surface area contributed by atoms with Crippen molar-refractivity contribution in [1.29, 1.82) is 0 Å². The summed E-state index contributed by atoms with van der Waals surface area (Å²) in [6.07, 6.45) is -0.679. The van der Waals surface area contributed by atoms with Crippen molar-refractivity contribution in [3.63, 3.8) is 0 Å². The Bertz CT molecular complexity index is 985. The van der Waals surface area contributed by atoms with Crippen LogP contribution < -0.4 is 15.5 Å². The van der Waals surface area contributed by atoms with Gasteiger partial charge in [-0.05, 0) is 76.2 Å². The molecule has 29 heavy (non-hydrogen) atoms. The highest BCUT2D eigenvalue weighted by molar-refractivity contribution is 6.00. The Balaban J connectivity index is 1.58. The van der Waals surface area contributed by atoms with Crippen molar-refractivity contribution in [2.75, 3.05) is 10.7 Å². The van der Waals surface area contributed by atoms with Gasteiger partial charge in [-0.2, -0.15) is 0 Å². The summed E-state index contributed by atoms with van der Waals surface area (Å²) in [5.74, 6) is 0.0553. The van der Waals surface area contributed by atoms with Gasteiger partial charge < -0.3 is 10.1 Å². The number of hydrogen-bond acceptors (Lipinski definition) is 3. The number of ether oxygens (including phenoxy) is 1. The highest BCUT2D eigenvalue weighted by Gasteiger charge is 2.15. The smallest absolute Gasteiger partial charge is 0.270 e. The summed E-state index contributed by atoms with van der Waals surface area (Å²) in [6.45, 7) is 7.52. The molecule has 0 unspecified atom stereocenters. The van der Waals surface area contributed by atoms with Crippen LogP contribution in [0.25, 0.3) is 0 Å². The normalized spacial score (nSPS) is 11.6. The fourth-order valence-corrected chi connectivity index (χ4v) is 2.83. The first kappa shape index (κ1) is 20.2. The molecule has 0 saturated carbocycles. The summed E-state index contributed by atoms with van der Waals surface area (Å²) in [5, 5.41) is 2.82. The van der Waals surface area contributed by atoms with E-state index in [4.69, 9.17) is 4.74 Å². The lowest BCUT2D eigenvalue weighted by atomic mass is 10.2. The molecule has 1 atom stereocenters. The third-order valence-corrected chi connectivity index (χ3v) is 4.60. The number of carbonyl (C=O) groups is 2. The predicted octanol–water partition coefficient (Wildman–Crippen LogP) is 4.20. The van der Waals surface area contributed by atoms with Crippen LogP contribution in [0.2, 0.25) is 0 Å². The molecule has 3 aromatic rings. The molecule has 0 aliphatic heterocycles. The number of aromatic nitrogens is 1. The minimum absolute atomic E-state index is 0.218. The number of nitrogens with zero attached hydrogens (tertiary/aromatic N) is 1. The minimum Gasteiger partial charge on any atom is -0.481 e. The van der Waals surface area contributed by atoms with E-state index in [0.717, 1.165) is 22.6 Å². The minimum atomic E-state index is -0.679. The molecule has 0 fully saturated rings. The van der Waals surface area contributed by atoms with Gasteiger partial charge in [0.2, 0.25) is 0 Å². The first-order valence-corrected chi connectivity index (χ1v) is 9.44. The maximum atomic E-state index is 12.4. The molecule has 2 aromatic carbocycles. The van der Waals surface area contributed by atoms with E-state index < -0.39 is 6.10 Å². The summed E-state index contributed by atoms with van der Waals surface area (Å²) < 4.78 is 7.44. The van der Waals surface area contributed by atoms with Gasteiger partial charge in [0.25, 0.3) is 11.8 Å². The second-order valence-electron chi connectivity index (χ2n) is 7.03. The number of benzene rings is 2. The Labute approximate surface area is 170 Å². The molecule has 0 aliphatic rings.